The largest absolute Gasteiger partial charge is 0.396 e. The van der Waals surface area contributed by atoms with Crippen molar-refractivity contribution in [2.45, 2.75) is 11.3 Å². The summed E-state index contributed by atoms with van der Waals surface area (Å²) in [6.45, 7) is 1.56. The van der Waals surface area contributed by atoms with Gasteiger partial charge in [0.15, 0.2) is 0 Å². The zero-order valence-corrected chi connectivity index (χ0v) is 10.7. The molecule has 0 aromatic heterocycles. The van der Waals surface area contributed by atoms with Crippen molar-refractivity contribution in [1.82, 2.24) is 0 Å². The number of benzene rings is 1. The van der Waals surface area contributed by atoms with Crippen molar-refractivity contribution >= 4 is 21.4 Å². The fraction of sp³-hybridized carbons (Fsp3) is 0.455. The topological polar surface area (TPSA) is 110 Å². The van der Waals surface area contributed by atoms with Crippen molar-refractivity contribution in [3.8, 4) is 0 Å². The van der Waals surface area contributed by atoms with Gasteiger partial charge < -0.3 is 15.7 Å². The van der Waals surface area contributed by atoms with E-state index in [0.717, 1.165) is 13.0 Å². The molecule has 1 aliphatic rings. The Morgan fingerprint density at radius 1 is 1.44 bits per heavy atom. The van der Waals surface area contributed by atoms with Gasteiger partial charge in [-0.15, -0.1) is 0 Å². The van der Waals surface area contributed by atoms with Crippen LogP contribution in [0.25, 0.3) is 0 Å². The molecular weight excluding hydrogens is 254 g/mol. The summed E-state index contributed by atoms with van der Waals surface area (Å²) in [4.78, 5) is 1.93. The van der Waals surface area contributed by atoms with Crippen LogP contribution in [0.4, 0.5) is 11.4 Å². The van der Waals surface area contributed by atoms with E-state index in [1.165, 1.54) is 6.07 Å². The van der Waals surface area contributed by atoms with Crippen LogP contribution in [0.5, 0.6) is 0 Å². The van der Waals surface area contributed by atoms with Gasteiger partial charge in [0.2, 0.25) is 10.0 Å². The molecule has 5 N–H and O–H groups in total. The molecule has 18 heavy (non-hydrogen) atoms. The number of para-hydroxylation sites is 1. The van der Waals surface area contributed by atoms with E-state index in [-0.39, 0.29) is 23.1 Å². The van der Waals surface area contributed by atoms with Gasteiger partial charge in [0.1, 0.15) is 4.90 Å². The van der Waals surface area contributed by atoms with Gasteiger partial charge in [-0.1, -0.05) is 6.07 Å². The Morgan fingerprint density at radius 2 is 2.17 bits per heavy atom. The first-order valence-electron chi connectivity index (χ1n) is 5.70. The van der Waals surface area contributed by atoms with E-state index in [4.69, 9.17) is 16.0 Å². The molecule has 1 atom stereocenters. The van der Waals surface area contributed by atoms with Crippen LogP contribution < -0.4 is 15.8 Å². The summed E-state index contributed by atoms with van der Waals surface area (Å²) < 4.78 is 22.8. The third kappa shape index (κ3) is 2.43. The maximum atomic E-state index is 11.4. The van der Waals surface area contributed by atoms with Gasteiger partial charge in [0.05, 0.1) is 11.4 Å². The first kappa shape index (κ1) is 13.1. The minimum absolute atomic E-state index is 0.0487. The van der Waals surface area contributed by atoms with Crippen molar-refractivity contribution in [2.75, 3.05) is 30.3 Å². The van der Waals surface area contributed by atoms with Gasteiger partial charge in [-0.3, -0.25) is 0 Å². The quantitative estimate of drug-likeness (QED) is 0.656. The highest BCUT2D eigenvalue weighted by Gasteiger charge is 2.25. The Hall–Kier alpha value is -1.31. The molecule has 0 amide bonds. The lowest BCUT2D eigenvalue weighted by atomic mass is 10.1. The molecule has 100 valence electrons. The number of nitrogens with zero attached hydrogens (tertiary/aromatic N) is 1. The van der Waals surface area contributed by atoms with Crippen LogP contribution in [0.1, 0.15) is 6.42 Å². The molecule has 1 aromatic carbocycles. The molecule has 1 unspecified atom stereocenters. The summed E-state index contributed by atoms with van der Waals surface area (Å²) in [7, 11) is -3.81. The highest BCUT2D eigenvalue weighted by Crippen LogP contribution is 2.32. The standard InChI is InChI=1S/C11H17N3O3S/c12-11-9(14-5-4-8(6-14)7-15)2-1-3-10(11)18(13,16)17/h1-3,8,15H,4-7,12H2,(H2,13,16,17). The molecule has 0 spiro atoms. The molecular formula is C11H17N3O3S. The lowest BCUT2D eigenvalue weighted by Crippen LogP contribution is -2.23. The van der Waals surface area contributed by atoms with Crippen molar-refractivity contribution in [1.29, 1.82) is 0 Å². The zero-order chi connectivity index (χ0) is 13.3. The lowest BCUT2D eigenvalue weighted by molar-refractivity contribution is 0.238. The summed E-state index contributed by atoms with van der Waals surface area (Å²) >= 11 is 0. The summed E-state index contributed by atoms with van der Waals surface area (Å²) in [6.07, 6.45) is 0.871. The van der Waals surface area contributed by atoms with Gasteiger partial charge in [-0.2, -0.15) is 0 Å². The van der Waals surface area contributed by atoms with E-state index < -0.39 is 10.0 Å². The monoisotopic (exact) mass is 271 g/mol. The normalized spacial score (nSPS) is 20.3. The van der Waals surface area contributed by atoms with Crippen molar-refractivity contribution < 1.29 is 13.5 Å². The van der Waals surface area contributed by atoms with Crippen LogP contribution in [0.15, 0.2) is 23.1 Å². The number of primary sulfonamides is 1. The van der Waals surface area contributed by atoms with Gasteiger partial charge in [-0.25, -0.2) is 13.6 Å². The van der Waals surface area contributed by atoms with Crippen LogP contribution in [-0.4, -0.2) is 33.2 Å². The van der Waals surface area contributed by atoms with E-state index in [2.05, 4.69) is 0 Å². The van der Waals surface area contributed by atoms with Gasteiger partial charge >= 0.3 is 0 Å². The predicted molar refractivity (Wildman–Crippen MR) is 69.6 cm³/mol. The minimum atomic E-state index is -3.81. The highest BCUT2D eigenvalue weighted by atomic mass is 32.2. The van der Waals surface area contributed by atoms with E-state index in [1.807, 2.05) is 4.90 Å². The summed E-state index contributed by atoms with van der Waals surface area (Å²) in [5, 5.41) is 14.2. The third-order valence-corrected chi connectivity index (χ3v) is 4.20. The number of hydrogen-bond donors (Lipinski definition) is 3. The Balaban J connectivity index is 2.36. The van der Waals surface area contributed by atoms with Crippen molar-refractivity contribution in [2.24, 2.45) is 11.1 Å². The molecule has 0 radical (unpaired) electrons. The SMILES string of the molecule is Nc1c(N2CCC(CO)C2)cccc1S(N)(=O)=O. The molecule has 0 aliphatic carbocycles. The number of aliphatic hydroxyl groups is 1. The molecule has 2 rings (SSSR count). The average molecular weight is 271 g/mol. The molecule has 0 bridgehead atoms. The van der Waals surface area contributed by atoms with Crippen LogP contribution in [-0.2, 0) is 10.0 Å². The molecule has 1 aromatic rings. The number of rotatable bonds is 3. The van der Waals surface area contributed by atoms with E-state index in [1.54, 1.807) is 12.1 Å². The molecule has 1 fully saturated rings. The maximum Gasteiger partial charge on any atom is 0.240 e. The fourth-order valence-corrected chi connectivity index (χ4v) is 2.94. The molecule has 6 nitrogen and oxygen atoms in total. The van der Waals surface area contributed by atoms with Crippen molar-refractivity contribution in [3.05, 3.63) is 18.2 Å². The molecule has 1 heterocycles. The number of aliphatic hydroxyl groups excluding tert-OH is 1. The number of anilines is 2. The van der Waals surface area contributed by atoms with Crippen LogP contribution in [0, 0.1) is 5.92 Å². The van der Waals surface area contributed by atoms with Gasteiger partial charge in [0.25, 0.3) is 0 Å². The van der Waals surface area contributed by atoms with E-state index in [9.17, 15) is 8.42 Å². The van der Waals surface area contributed by atoms with Gasteiger partial charge in [0, 0.05) is 25.6 Å². The minimum Gasteiger partial charge on any atom is -0.396 e. The second-order valence-electron chi connectivity index (χ2n) is 4.52. The number of hydrogen-bond acceptors (Lipinski definition) is 5. The Morgan fingerprint density at radius 3 is 2.72 bits per heavy atom. The lowest BCUT2D eigenvalue weighted by Gasteiger charge is -2.21. The van der Waals surface area contributed by atoms with Crippen LogP contribution in [0.2, 0.25) is 0 Å². The Labute approximate surface area is 106 Å². The smallest absolute Gasteiger partial charge is 0.240 e. The number of nitrogens with two attached hydrogens (primary N) is 2. The first-order valence-corrected chi connectivity index (χ1v) is 7.25. The Kier molecular flexibility index (Phi) is 3.47. The molecule has 7 heteroatoms. The van der Waals surface area contributed by atoms with Crippen LogP contribution in [0.3, 0.4) is 0 Å². The second-order valence-corrected chi connectivity index (χ2v) is 6.05. The fourth-order valence-electron chi connectivity index (χ4n) is 2.26. The number of nitrogen functional groups attached to an aromatic ring is 1. The zero-order valence-electron chi connectivity index (χ0n) is 9.91. The molecule has 0 saturated carbocycles. The Bertz CT molecular complexity index is 544. The maximum absolute atomic E-state index is 11.4. The molecule has 1 saturated heterocycles. The number of sulfonamides is 1. The second kappa shape index (κ2) is 4.75. The third-order valence-electron chi connectivity index (χ3n) is 3.23. The van der Waals surface area contributed by atoms with E-state index in [0.29, 0.717) is 12.2 Å². The van der Waals surface area contributed by atoms with Gasteiger partial charge in [-0.05, 0) is 18.6 Å². The summed E-state index contributed by atoms with van der Waals surface area (Å²) in [6, 6.07) is 4.79. The summed E-state index contributed by atoms with van der Waals surface area (Å²) in [5.41, 5.74) is 6.72. The first-order chi connectivity index (χ1) is 8.43. The van der Waals surface area contributed by atoms with E-state index >= 15 is 0 Å². The highest BCUT2D eigenvalue weighted by molar-refractivity contribution is 7.89. The molecule has 1 aliphatic heterocycles. The summed E-state index contributed by atoms with van der Waals surface area (Å²) in [5.74, 6) is 0.211. The average Bonchev–Trinajstić information content (AvgIpc) is 2.76. The van der Waals surface area contributed by atoms with Crippen molar-refractivity contribution in [3.63, 3.8) is 0 Å². The predicted octanol–water partition coefficient (Wildman–Crippen LogP) is -0.265. The van der Waals surface area contributed by atoms with Crippen LogP contribution >= 0.6 is 0 Å².